The van der Waals surface area contributed by atoms with Crippen LogP contribution in [0.3, 0.4) is 0 Å². The van der Waals surface area contributed by atoms with Crippen LogP contribution in [0.4, 0.5) is 0 Å². The molecule has 0 bridgehead atoms. The molecule has 0 N–H and O–H groups in total. The van der Waals surface area contributed by atoms with E-state index in [9.17, 15) is 0 Å². The van der Waals surface area contributed by atoms with Gasteiger partial charge >= 0.3 is 0 Å². The van der Waals surface area contributed by atoms with E-state index in [-0.39, 0.29) is 0 Å². The van der Waals surface area contributed by atoms with Gasteiger partial charge in [0.05, 0.1) is 0 Å². The molecule has 1 fully saturated rings. The molecule has 0 amide bonds. The minimum absolute atomic E-state index is 0.391. The predicted octanol–water partition coefficient (Wildman–Crippen LogP) is 3.00. The Labute approximate surface area is 120 Å². The van der Waals surface area contributed by atoms with Crippen LogP contribution >= 0.6 is 0 Å². The van der Waals surface area contributed by atoms with Crippen molar-refractivity contribution >= 4 is 0 Å². The molecule has 0 spiro atoms. The first-order valence-corrected chi connectivity index (χ1v) is 8.01. The van der Waals surface area contributed by atoms with Gasteiger partial charge in [-0.1, -0.05) is 13.0 Å². The summed E-state index contributed by atoms with van der Waals surface area (Å²) < 4.78 is 11.2. The van der Waals surface area contributed by atoms with Gasteiger partial charge in [-0.15, -0.1) is 0 Å². The summed E-state index contributed by atoms with van der Waals surface area (Å²) in [6, 6.07) is 5.10. The molecule has 4 rings (SSSR count). The average molecular weight is 273 g/mol. The van der Waals surface area contributed by atoms with Crippen molar-refractivity contribution in [2.75, 3.05) is 19.9 Å². The molecule has 20 heavy (non-hydrogen) atoms. The first-order valence-electron chi connectivity index (χ1n) is 8.01. The Morgan fingerprint density at radius 3 is 3.10 bits per heavy atom. The average Bonchev–Trinajstić information content (AvgIpc) is 2.95. The molecule has 3 nitrogen and oxygen atoms in total. The van der Waals surface area contributed by atoms with E-state index < -0.39 is 0 Å². The van der Waals surface area contributed by atoms with Crippen LogP contribution in [-0.2, 0) is 12.8 Å². The van der Waals surface area contributed by atoms with E-state index in [1.807, 2.05) is 0 Å². The monoisotopic (exact) mass is 273 g/mol. The van der Waals surface area contributed by atoms with Gasteiger partial charge in [0.2, 0.25) is 6.79 Å². The summed E-state index contributed by atoms with van der Waals surface area (Å²) in [4.78, 5) is 2.72. The molecule has 0 radical (unpaired) electrons. The lowest BCUT2D eigenvalue weighted by molar-refractivity contribution is 0.0847. The van der Waals surface area contributed by atoms with Gasteiger partial charge in [0.15, 0.2) is 11.5 Å². The number of fused-ring (bicyclic) bond motifs is 4. The molecule has 0 aromatic heterocycles. The van der Waals surface area contributed by atoms with E-state index in [0.29, 0.717) is 6.79 Å². The quantitative estimate of drug-likeness (QED) is 0.827. The van der Waals surface area contributed by atoms with Crippen molar-refractivity contribution in [1.29, 1.82) is 0 Å². The Hall–Kier alpha value is -1.22. The minimum atomic E-state index is 0.391. The van der Waals surface area contributed by atoms with Gasteiger partial charge in [0, 0.05) is 11.6 Å². The van der Waals surface area contributed by atoms with Crippen LogP contribution in [0.15, 0.2) is 12.1 Å². The minimum Gasteiger partial charge on any atom is -0.454 e. The highest BCUT2D eigenvalue weighted by molar-refractivity contribution is 5.53. The van der Waals surface area contributed by atoms with E-state index in [4.69, 9.17) is 9.47 Å². The zero-order valence-electron chi connectivity index (χ0n) is 12.2. The standard InChI is InChI=1S/C17H23NO2/c1-2-7-18-8-3-4-13-9-14-12(10-15(13)18)5-6-16-17(14)20-11-19-16/h5-6,13,15H,2-4,7-11H2,1H3/t13-,15?/m0/s1. The highest BCUT2D eigenvalue weighted by atomic mass is 16.7. The fourth-order valence-corrected chi connectivity index (χ4v) is 4.29. The summed E-state index contributed by atoms with van der Waals surface area (Å²) in [6.45, 7) is 5.22. The van der Waals surface area contributed by atoms with Gasteiger partial charge < -0.3 is 9.47 Å². The first kappa shape index (κ1) is 12.5. The third-order valence-electron chi connectivity index (χ3n) is 5.18. The number of ether oxygens (including phenoxy) is 2. The van der Waals surface area contributed by atoms with Gasteiger partial charge in [-0.05, 0) is 62.7 Å². The predicted molar refractivity (Wildman–Crippen MR) is 78.3 cm³/mol. The fraction of sp³-hybridized carbons (Fsp3) is 0.647. The van der Waals surface area contributed by atoms with E-state index in [1.54, 1.807) is 0 Å². The topological polar surface area (TPSA) is 21.7 Å². The second-order valence-corrected chi connectivity index (χ2v) is 6.35. The van der Waals surface area contributed by atoms with Crippen LogP contribution in [0.25, 0.3) is 0 Å². The highest BCUT2D eigenvalue weighted by Crippen LogP contribution is 2.44. The molecule has 2 atom stereocenters. The number of rotatable bonds is 2. The molecule has 2 heterocycles. The molecule has 1 aromatic carbocycles. The largest absolute Gasteiger partial charge is 0.454 e. The van der Waals surface area contributed by atoms with Crippen molar-refractivity contribution in [2.45, 2.75) is 45.1 Å². The maximum Gasteiger partial charge on any atom is 0.231 e. The number of nitrogens with zero attached hydrogens (tertiary/aromatic N) is 1. The van der Waals surface area contributed by atoms with Gasteiger partial charge in [0.1, 0.15) is 0 Å². The summed E-state index contributed by atoms with van der Waals surface area (Å²) in [7, 11) is 0. The number of hydrogen-bond donors (Lipinski definition) is 0. The van der Waals surface area contributed by atoms with E-state index in [2.05, 4.69) is 24.0 Å². The molecule has 3 heteroatoms. The molecule has 0 saturated carbocycles. The Kier molecular flexibility index (Phi) is 3.10. The SMILES string of the molecule is CCCN1CCC[C@H]2Cc3c(ccc4c3OCO4)CC21. The summed E-state index contributed by atoms with van der Waals surface area (Å²) in [5.41, 5.74) is 2.91. The van der Waals surface area contributed by atoms with Crippen LogP contribution in [-0.4, -0.2) is 30.8 Å². The van der Waals surface area contributed by atoms with Crippen LogP contribution in [0, 0.1) is 5.92 Å². The fourth-order valence-electron chi connectivity index (χ4n) is 4.29. The number of likely N-dealkylation sites (tertiary alicyclic amines) is 1. The maximum absolute atomic E-state index is 5.72. The van der Waals surface area contributed by atoms with Crippen molar-refractivity contribution in [3.8, 4) is 11.5 Å². The third kappa shape index (κ3) is 1.91. The zero-order chi connectivity index (χ0) is 13.5. The van der Waals surface area contributed by atoms with Crippen molar-refractivity contribution in [3.05, 3.63) is 23.3 Å². The van der Waals surface area contributed by atoms with Crippen LogP contribution in [0.5, 0.6) is 11.5 Å². The van der Waals surface area contributed by atoms with Crippen LogP contribution < -0.4 is 9.47 Å². The Morgan fingerprint density at radius 1 is 1.25 bits per heavy atom. The number of hydrogen-bond acceptors (Lipinski definition) is 3. The molecule has 3 aliphatic rings. The van der Waals surface area contributed by atoms with Gasteiger partial charge in [0.25, 0.3) is 0 Å². The lowest BCUT2D eigenvalue weighted by Crippen LogP contribution is -2.49. The van der Waals surface area contributed by atoms with Crippen molar-refractivity contribution in [2.24, 2.45) is 5.92 Å². The molecule has 1 aliphatic carbocycles. The van der Waals surface area contributed by atoms with Crippen molar-refractivity contribution < 1.29 is 9.47 Å². The second kappa shape index (κ2) is 4.96. The third-order valence-corrected chi connectivity index (χ3v) is 5.18. The van der Waals surface area contributed by atoms with Crippen LogP contribution in [0.2, 0.25) is 0 Å². The number of piperidine rings is 1. The lowest BCUT2D eigenvalue weighted by Gasteiger charge is -2.44. The zero-order valence-corrected chi connectivity index (χ0v) is 12.2. The van der Waals surface area contributed by atoms with E-state index in [0.717, 1.165) is 23.5 Å². The van der Waals surface area contributed by atoms with Gasteiger partial charge in [-0.2, -0.15) is 0 Å². The second-order valence-electron chi connectivity index (χ2n) is 6.35. The Morgan fingerprint density at radius 2 is 2.20 bits per heavy atom. The molecule has 108 valence electrons. The number of benzene rings is 1. The summed E-state index contributed by atoms with van der Waals surface area (Å²) in [5.74, 6) is 2.79. The molecule has 1 aromatic rings. The normalized spacial score (nSPS) is 28.1. The molecule has 2 aliphatic heterocycles. The highest BCUT2D eigenvalue weighted by Gasteiger charge is 2.37. The Balaban J connectivity index is 1.66. The van der Waals surface area contributed by atoms with Gasteiger partial charge in [-0.3, -0.25) is 4.90 Å². The maximum atomic E-state index is 5.72. The molecular weight excluding hydrogens is 250 g/mol. The summed E-state index contributed by atoms with van der Waals surface area (Å²) in [5, 5.41) is 0. The van der Waals surface area contributed by atoms with Gasteiger partial charge in [-0.25, -0.2) is 0 Å². The molecular formula is C17H23NO2. The summed E-state index contributed by atoms with van der Waals surface area (Å²) >= 11 is 0. The van der Waals surface area contributed by atoms with E-state index >= 15 is 0 Å². The molecule has 1 unspecified atom stereocenters. The summed E-state index contributed by atoms with van der Waals surface area (Å²) in [6.07, 6.45) is 6.35. The Bertz CT molecular complexity index is 512. The molecule has 1 saturated heterocycles. The first-order chi connectivity index (χ1) is 9.86. The smallest absolute Gasteiger partial charge is 0.231 e. The van der Waals surface area contributed by atoms with E-state index in [1.165, 1.54) is 56.3 Å². The van der Waals surface area contributed by atoms with Crippen molar-refractivity contribution in [1.82, 2.24) is 4.90 Å². The van der Waals surface area contributed by atoms with Crippen LogP contribution in [0.1, 0.15) is 37.3 Å². The lowest BCUT2D eigenvalue weighted by atomic mass is 9.75. The van der Waals surface area contributed by atoms with Crippen molar-refractivity contribution in [3.63, 3.8) is 0 Å².